The van der Waals surface area contributed by atoms with Gasteiger partial charge in [0.1, 0.15) is 5.65 Å². The summed E-state index contributed by atoms with van der Waals surface area (Å²) in [4.78, 5) is 35.4. The zero-order chi connectivity index (χ0) is 22.6. The molecule has 0 atom stereocenters. The van der Waals surface area contributed by atoms with E-state index in [-0.39, 0.29) is 11.8 Å². The fraction of sp³-hybridized carbons (Fsp3) is 0.231. The molecule has 0 aliphatic carbocycles. The van der Waals surface area contributed by atoms with Crippen LogP contribution in [0.5, 0.6) is 0 Å². The summed E-state index contributed by atoms with van der Waals surface area (Å²) < 4.78 is 1.93. The molecule has 1 N–H and O–H groups in total. The number of nitrogens with one attached hydrogen (secondary N) is 1. The van der Waals surface area contributed by atoms with Gasteiger partial charge in [-0.15, -0.1) is 0 Å². The maximum atomic E-state index is 12.6. The van der Waals surface area contributed by atoms with E-state index in [0.29, 0.717) is 23.6 Å². The van der Waals surface area contributed by atoms with Crippen LogP contribution in [0.1, 0.15) is 50.6 Å². The maximum Gasteiger partial charge on any atom is 0.255 e. The summed E-state index contributed by atoms with van der Waals surface area (Å²) >= 11 is 0. The molecule has 2 amide bonds. The number of carbonyl (C=O) groups excluding carboxylic acids is 2. The van der Waals surface area contributed by atoms with Crippen LogP contribution in [0.2, 0.25) is 0 Å². The molecular formula is C26H25N5O2. The monoisotopic (exact) mass is 439 g/mol. The van der Waals surface area contributed by atoms with E-state index in [1.807, 2.05) is 58.1 Å². The highest BCUT2D eigenvalue weighted by molar-refractivity contribution is 5.94. The van der Waals surface area contributed by atoms with Gasteiger partial charge in [0, 0.05) is 56.2 Å². The van der Waals surface area contributed by atoms with Crippen LogP contribution in [0.3, 0.4) is 0 Å². The molecule has 0 saturated carbocycles. The topological polar surface area (TPSA) is 79.6 Å². The third kappa shape index (κ3) is 4.62. The number of amides is 2. The SMILES string of the molecule is O=C(NCc1ccn2ccnc2c1)c1ccc(C2CCN(C(=O)c3cccnc3)CC2)cc1. The van der Waals surface area contributed by atoms with Crippen LogP contribution in [0, 0.1) is 0 Å². The Balaban J connectivity index is 1.15. The molecular weight excluding hydrogens is 414 g/mol. The molecule has 7 nitrogen and oxygen atoms in total. The molecule has 4 aromatic rings. The normalized spacial score (nSPS) is 14.4. The zero-order valence-corrected chi connectivity index (χ0v) is 18.2. The number of benzene rings is 1. The number of hydrogen-bond acceptors (Lipinski definition) is 4. The highest BCUT2D eigenvalue weighted by Crippen LogP contribution is 2.29. The van der Waals surface area contributed by atoms with Crippen molar-refractivity contribution in [3.05, 3.63) is 102 Å². The zero-order valence-electron chi connectivity index (χ0n) is 18.2. The van der Waals surface area contributed by atoms with Gasteiger partial charge in [0.05, 0.1) is 5.56 Å². The predicted molar refractivity (Wildman–Crippen MR) is 125 cm³/mol. The Morgan fingerprint density at radius 2 is 1.79 bits per heavy atom. The second-order valence-corrected chi connectivity index (χ2v) is 8.34. The average Bonchev–Trinajstić information content (AvgIpc) is 3.35. The van der Waals surface area contributed by atoms with E-state index >= 15 is 0 Å². The minimum absolute atomic E-state index is 0.0421. The van der Waals surface area contributed by atoms with Gasteiger partial charge in [0.25, 0.3) is 11.8 Å². The van der Waals surface area contributed by atoms with Gasteiger partial charge >= 0.3 is 0 Å². The van der Waals surface area contributed by atoms with Gasteiger partial charge in [-0.1, -0.05) is 12.1 Å². The molecule has 1 aliphatic rings. The van der Waals surface area contributed by atoms with Gasteiger partial charge in [-0.3, -0.25) is 14.6 Å². The number of nitrogens with zero attached hydrogens (tertiary/aromatic N) is 4. The van der Waals surface area contributed by atoms with E-state index in [1.165, 1.54) is 5.56 Å². The van der Waals surface area contributed by atoms with Crippen LogP contribution >= 0.6 is 0 Å². The minimum Gasteiger partial charge on any atom is -0.348 e. The molecule has 1 aromatic carbocycles. The van der Waals surface area contributed by atoms with Gasteiger partial charge in [0.15, 0.2) is 0 Å². The predicted octanol–water partition coefficient (Wildman–Crippen LogP) is 3.68. The number of piperidine rings is 1. The Bertz CT molecular complexity index is 1260. The summed E-state index contributed by atoms with van der Waals surface area (Å²) in [5, 5.41) is 2.98. The van der Waals surface area contributed by atoms with E-state index in [4.69, 9.17) is 0 Å². The van der Waals surface area contributed by atoms with E-state index in [9.17, 15) is 9.59 Å². The number of likely N-dealkylation sites (tertiary alicyclic amines) is 1. The Morgan fingerprint density at radius 3 is 2.55 bits per heavy atom. The van der Waals surface area contributed by atoms with Gasteiger partial charge in [0.2, 0.25) is 0 Å². The lowest BCUT2D eigenvalue weighted by Gasteiger charge is -2.32. The molecule has 5 rings (SSSR count). The molecule has 0 unspecified atom stereocenters. The van der Waals surface area contributed by atoms with Crippen molar-refractivity contribution in [1.82, 2.24) is 24.6 Å². The maximum absolute atomic E-state index is 12.6. The number of fused-ring (bicyclic) bond motifs is 1. The van der Waals surface area contributed by atoms with E-state index in [2.05, 4.69) is 15.3 Å². The fourth-order valence-electron chi connectivity index (χ4n) is 4.34. The summed E-state index contributed by atoms with van der Waals surface area (Å²) in [5.41, 5.74) is 4.36. The number of aromatic nitrogens is 3. The highest BCUT2D eigenvalue weighted by atomic mass is 16.2. The Kier molecular flexibility index (Phi) is 5.85. The second-order valence-electron chi connectivity index (χ2n) is 8.34. The first-order valence-corrected chi connectivity index (χ1v) is 11.2. The minimum atomic E-state index is -0.0957. The molecule has 4 heterocycles. The molecule has 0 bridgehead atoms. The molecule has 0 spiro atoms. The largest absolute Gasteiger partial charge is 0.348 e. The Hall–Kier alpha value is -4.00. The number of imidazole rings is 1. The Labute approximate surface area is 192 Å². The third-order valence-electron chi connectivity index (χ3n) is 6.25. The van der Waals surface area contributed by atoms with Crippen molar-refractivity contribution < 1.29 is 9.59 Å². The molecule has 7 heteroatoms. The third-order valence-corrected chi connectivity index (χ3v) is 6.25. The first-order valence-electron chi connectivity index (χ1n) is 11.2. The van der Waals surface area contributed by atoms with E-state index in [0.717, 1.165) is 37.1 Å². The average molecular weight is 440 g/mol. The lowest BCUT2D eigenvalue weighted by Crippen LogP contribution is -2.37. The van der Waals surface area contributed by atoms with Crippen molar-refractivity contribution in [3.63, 3.8) is 0 Å². The molecule has 3 aromatic heterocycles. The standard InChI is InChI=1S/C26H25N5O2/c32-25(29-17-19-7-12-30-15-11-28-24(30)16-19)22-5-3-20(4-6-22)21-8-13-31(14-9-21)26(33)23-2-1-10-27-18-23/h1-7,10-12,15-16,18,21H,8-9,13-14,17H2,(H,29,32). The number of rotatable bonds is 5. The second kappa shape index (κ2) is 9.24. The van der Waals surface area contributed by atoms with Crippen molar-refractivity contribution in [1.29, 1.82) is 0 Å². The van der Waals surface area contributed by atoms with Gasteiger partial charge < -0.3 is 14.6 Å². The summed E-state index contributed by atoms with van der Waals surface area (Å²) in [6.45, 7) is 1.90. The number of pyridine rings is 2. The molecule has 1 aliphatic heterocycles. The van der Waals surface area contributed by atoms with Gasteiger partial charge in [-0.05, 0) is 66.3 Å². The molecule has 166 valence electrons. The van der Waals surface area contributed by atoms with Crippen molar-refractivity contribution in [2.45, 2.75) is 25.3 Å². The fourth-order valence-corrected chi connectivity index (χ4v) is 4.34. The van der Waals surface area contributed by atoms with Crippen molar-refractivity contribution >= 4 is 17.5 Å². The first kappa shape index (κ1) is 20.9. The van der Waals surface area contributed by atoms with Gasteiger partial charge in [-0.25, -0.2) is 4.98 Å². The van der Waals surface area contributed by atoms with Crippen molar-refractivity contribution in [2.24, 2.45) is 0 Å². The molecule has 1 fully saturated rings. The molecule has 33 heavy (non-hydrogen) atoms. The van der Waals surface area contributed by atoms with E-state index in [1.54, 1.807) is 30.7 Å². The summed E-state index contributed by atoms with van der Waals surface area (Å²) in [6.07, 6.45) is 10.7. The number of hydrogen-bond donors (Lipinski definition) is 1. The highest BCUT2D eigenvalue weighted by Gasteiger charge is 2.24. The van der Waals surface area contributed by atoms with Crippen LogP contribution < -0.4 is 5.32 Å². The molecule has 1 saturated heterocycles. The number of carbonyl (C=O) groups is 2. The quantitative estimate of drug-likeness (QED) is 0.515. The van der Waals surface area contributed by atoms with Crippen LogP contribution in [0.4, 0.5) is 0 Å². The van der Waals surface area contributed by atoms with Crippen LogP contribution in [-0.2, 0) is 6.54 Å². The molecule has 0 radical (unpaired) electrons. The smallest absolute Gasteiger partial charge is 0.255 e. The lowest BCUT2D eigenvalue weighted by molar-refractivity contribution is 0.0712. The van der Waals surface area contributed by atoms with E-state index < -0.39 is 0 Å². The summed E-state index contributed by atoms with van der Waals surface area (Å²) in [5.74, 6) is 0.337. The Morgan fingerprint density at radius 1 is 0.970 bits per heavy atom. The first-order chi connectivity index (χ1) is 16.2. The van der Waals surface area contributed by atoms with Crippen LogP contribution in [-0.4, -0.2) is 44.2 Å². The van der Waals surface area contributed by atoms with Crippen molar-refractivity contribution in [3.8, 4) is 0 Å². The van der Waals surface area contributed by atoms with Crippen molar-refractivity contribution in [2.75, 3.05) is 13.1 Å². The lowest BCUT2D eigenvalue weighted by atomic mass is 9.88. The summed E-state index contributed by atoms with van der Waals surface area (Å²) in [7, 11) is 0. The van der Waals surface area contributed by atoms with Crippen LogP contribution in [0.15, 0.2) is 79.5 Å². The van der Waals surface area contributed by atoms with Crippen LogP contribution in [0.25, 0.3) is 5.65 Å². The van der Waals surface area contributed by atoms with Gasteiger partial charge in [-0.2, -0.15) is 0 Å². The summed E-state index contributed by atoms with van der Waals surface area (Å²) in [6, 6.07) is 15.4.